The average molecular weight is 837 g/mol. The Kier molecular flexibility index (Phi) is 48.7. The molecule has 0 aromatic carbocycles. The minimum Gasteiger partial charge on any atom is -0.457 e. The molecule has 0 heterocycles. The molecule has 0 fully saturated rings. The standard InChI is InChI=1S/C57H88O4/c1-3-5-7-9-11-13-15-17-19-21-23-25-27-29-30-32-34-36-38-40-42-44-46-48-50-52-57(59)61-56(54-58)55-60-53-51-49-47-45-43-41-39-37-35-33-31-28-26-24-22-20-18-16-14-12-10-8-6-4-2/h5-8,11-14,17-20,23-26,29-31,33-34,36-37,39,43,45,56,58H,3-4,9-10,15-16,21-22,27-28,32,35,38,40-42,44,46-55H2,1-2H3/b7-5-,8-6-,13-11-,14-12-,19-17-,20-18-,25-23-,26-24-,30-29-,33-31-,36-34-,39-37-,45-43-. The molecule has 1 N–H and O–H groups in total. The average Bonchev–Trinajstić information content (AvgIpc) is 3.27. The summed E-state index contributed by atoms with van der Waals surface area (Å²) >= 11 is 0. The van der Waals surface area contributed by atoms with Crippen LogP contribution in [0.4, 0.5) is 0 Å². The molecular weight excluding hydrogens is 749 g/mol. The van der Waals surface area contributed by atoms with E-state index in [1.165, 1.54) is 19.3 Å². The van der Waals surface area contributed by atoms with Crippen molar-refractivity contribution < 1.29 is 19.4 Å². The third-order valence-corrected chi connectivity index (χ3v) is 9.35. The minimum absolute atomic E-state index is 0.208. The van der Waals surface area contributed by atoms with Crippen molar-refractivity contribution in [2.24, 2.45) is 0 Å². The second-order valence-corrected chi connectivity index (χ2v) is 15.1. The van der Waals surface area contributed by atoms with Crippen LogP contribution in [0, 0.1) is 0 Å². The van der Waals surface area contributed by atoms with Crippen molar-refractivity contribution in [1.82, 2.24) is 0 Å². The molecule has 0 aromatic rings. The zero-order valence-electron chi connectivity index (χ0n) is 38.9. The summed E-state index contributed by atoms with van der Waals surface area (Å²) in [5.41, 5.74) is 0. The zero-order chi connectivity index (χ0) is 44.0. The molecule has 0 aliphatic carbocycles. The third-order valence-electron chi connectivity index (χ3n) is 9.35. The maximum atomic E-state index is 12.3. The van der Waals surface area contributed by atoms with Gasteiger partial charge in [-0.2, -0.15) is 0 Å². The number of esters is 1. The second kappa shape index (κ2) is 52.1. The number of hydrogen-bond acceptors (Lipinski definition) is 4. The Morgan fingerprint density at radius 2 is 0.689 bits per heavy atom. The highest BCUT2D eigenvalue weighted by molar-refractivity contribution is 5.69. The molecule has 0 aliphatic rings. The van der Waals surface area contributed by atoms with Crippen molar-refractivity contribution in [3.05, 3.63) is 158 Å². The predicted octanol–water partition coefficient (Wildman–Crippen LogP) is 16.5. The molecule has 0 saturated carbocycles. The molecule has 0 spiro atoms. The lowest BCUT2D eigenvalue weighted by Gasteiger charge is -2.15. The summed E-state index contributed by atoms with van der Waals surface area (Å²) in [5.74, 6) is -0.239. The van der Waals surface area contributed by atoms with E-state index in [0.29, 0.717) is 13.0 Å². The summed E-state index contributed by atoms with van der Waals surface area (Å²) in [6.07, 6.45) is 81.7. The van der Waals surface area contributed by atoms with Gasteiger partial charge < -0.3 is 14.6 Å². The topological polar surface area (TPSA) is 55.8 Å². The number of aliphatic hydroxyl groups is 1. The van der Waals surface area contributed by atoms with E-state index in [2.05, 4.69) is 172 Å². The summed E-state index contributed by atoms with van der Waals surface area (Å²) in [5, 5.41) is 9.64. The van der Waals surface area contributed by atoms with Crippen LogP contribution < -0.4 is 0 Å². The van der Waals surface area contributed by atoms with E-state index in [-0.39, 0.29) is 19.2 Å². The van der Waals surface area contributed by atoms with Gasteiger partial charge in [-0.1, -0.05) is 198 Å². The van der Waals surface area contributed by atoms with Crippen LogP contribution in [0.3, 0.4) is 0 Å². The van der Waals surface area contributed by atoms with Crippen LogP contribution in [-0.2, 0) is 14.3 Å². The molecule has 1 atom stereocenters. The molecule has 0 amide bonds. The fourth-order valence-electron chi connectivity index (χ4n) is 5.84. The number of carbonyl (C=O) groups is 1. The van der Waals surface area contributed by atoms with Crippen LogP contribution >= 0.6 is 0 Å². The Hall–Kier alpha value is -3.99. The lowest BCUT2D eigenvalue weighted by Crippen LogP contribution is -2.27. The van der Waals surface area contributed by atoms with E-state index in [9.17, 15) is 9.90 Å². The number of carbonyl (C=O) groups excluding carboxylic acids is 1. The van der Waals surface area contributed by atoms with E-state index in [1.54, 1.807) is 0 Å². The third kappa shape index (κ3) is 50.3. The van der Waals surface area contributed by atoms with Crippen molar-refractivity contribution in [2.75, 3.05) is 19.8 Å². The Morgan fingerprint density at radius 3 is 1.03 bits per heavy atom. The first-order valence-corrected chi connectivity index (χ1v) is 24.1. The number of hydrogen-bond donors (Lipinski definition) is 1. The van der Waals surface area contributed by atoms with Gasteiger partial charge in [-0.15, -0.1) is 0 Å². The molecule has 61 heavy (non-hydrogen) atoms. The molecule has 0 radical (unpaired) electrons. The van der Waals surface area contributed by atoms with Gasteiger partial charge in [0.25, 0.3) is 0 Å². The Morgan fingerprint density at radius 1 is 0.393 bits per heavy atom. The van der Waals surface area contributed by atoms with Crippen LogP contribution in [0.1, 0.15) is 168 Å². The highest BCUT2D eigenvalue weighted by Crippen LogP contribution is 2.11. The number of ether oxygens (including phenoxy) is 2. The summed E-state index contributed by atoms with van der Waals surface area (Å²) < 4.78 is 11.1. The van der Waals surface area contributed by atoms with Crippen molar-refractivity contribution >= 4 is 5.97 Å². The Balaban J connectivity index is 3.64. The molecule has 0 aromatic heterocycles. The normalized spacial score (nSPS) is 13.8. The molecular formula is C57H88O4. The summed E-state index contributed by atoms with van der Waals surface area (Å²) in [6, 6.07) is 0. The van der Waals surface area contributed by atoms with Gasteiger partial charge in [-0.25, -0.2) is 0 Å². The number of unbranched alkanes of at least 4 members (excludes halogenated alkanes) is 8. The summed E-state index contributed by atoms with van der Waals surface area (Å²) in [4.78, 5) is 12.3. The molecule has 0 saturated heterocycles. The quantitative estimate of drug-likeness (QED) is 0.0378. The lowest BCUT2D eigenvalue weighted by atomic mass is 10.1. The molecule has 4 heteroatoms. The van der Waals surface area contributed by atoms with E-state index in [0.717, 1.165) is 128 Å². The van der Waals surface area contributed by atoms with Crippen LogP contribution in [0.2, 0.25) is 0 Å². The van der Waals surface area contributed by atoms with E-state index in [4.69, 9.17) is 9.47 Å². The van der Waals surface area contributed by atoms with Crippen molar-refractivity contribution in [3.63, 3.8) is 0 Å². The zero-order valence-corrected chi connectivity index (χ0v) is 38.9. The maximum absolute atomic E-state index is 12.3. The van der Waals surface area contributed by atoms with Gasteiger partial charge in [0.2, 0.25) is 0 Å². The fraction of sp³-hybridized carbons (Fsp3) is 0.526. The van der Waals surface area contributed by atoms with E-state index < -0.39 is 6.10 Å². The second-order valence-electron chi connectivity index (χ2n) is 15.1. The smallest absolute Gasteiger partial charge is 0.306 e. The van der Waals surface area contributed by atoms with Gasteiger partial charge in [0.05, 0.1) is 13.2 Å². The SMILES string of the molecule is CC/C=C\C/C=C\C/C=C\C/C=C\C/C=C\C/C=C\C/C=C\CCCCOCC(CO)OC(=O)CCCCCCCC/C=C\C/C=C\C/C=C\C/C=C\C/C=C\C/C=C\CC. The first kappa shape index (κ1) is 57.0. The van der Waals surface area contributed by atoms with Gasteiger partial charge in [0.1, 0.15) is 6.10 Å². The first-order chi connectivity index (χ1) is 30.2. The maximum Gasteiger partial charge on any atom is 0.306 e. The van der Waals surface area contributed by atoms with Crippen molar-refractivity contribution in [3.8, 4) is 0 Å². The largest absolute Gasteiger partial charge is 0.457 e. The van der Waals surface area contributed by atoms with Crippen LogP contribution in [0.5, 0.6) is 0 Å². The first-order valence-electron chi connectivity index (χ1n) is 24.1. The number of aliphatic hydroxyl groups excluding tert-OH is 1. The van der Waals surface area contributed by atoms with Crippen LogP contribution in [0.15, 0.2) is 158 Å². The molecule has 0 aliphatic heterocycles. The van der Waals surface area contributed by atoms with E-state index >= 15 is 0 Å². The molecule has 0 bridgehead atoms. The Labute approximate surface area is 375 Å². The number of rotatable bonds is 42. The van der Waals surface area contributed by atoms with Gasteiger partial charge >= 0.3 is 5.97 Å². The summed E-state index contributed by atoms with van der Waals surface area (Å²) in [6.45, 7) is 4.97. The van der Waals surface area contributed by atoms with Crippen molar-refractivity contribution in [1.29, 1.82) is 0 Å². The molecule has 1 unspecified atom stereocenters. The van der Waals surface area contributed by atoms with Gasteiger partial charge in [-0.05, 0) is 122 Å². The van der Waals surface area contributed by atoms with E-state index in [1.807, 2.05) is 0 Å². The highest BCUT2D eigenvalue weighted by Gasteiger charge is 2.13. The van der Waals surface area contributed by atoms with Gasteiger partial charge in [0.15, 0.2) is 0 Å². The predicted molar refractivity (Wildman–Crippen MR) is 269 cm³/mol. The monoisotopic (exact) mass is 837 g/mol. The fourth-order valence-corrected chi connectivity index (χ4v) is 5.84. The Bertz CT molecular complexity index is 1340. The number of allylic oxidation sites excluding steroid dienone is 26. The minimum atomic E-state index is -0.581. The van der Waals surface area contributed by atoms with Gasteiger partial charge in [-0.3, -0.25) is 4.79 Å². The highest BCUT2D eigenvalue weighted by atomic mass is 16.6. The lowest BCUT2D eigenvalue weighted by molar-refractivity contribution is -0.154. The van der Waals surface area contributed by atoms with Crippen LogP contribution in [-0.4, -0.2) is 37.0 Å². The summed E-state index contributed by atoms with van der Waals surface area (Å²) in [7, 11) is 0. The molecule has 4 nitrogen and oxygen atoms in total. The van der Waals surface area contributed by atoms with Crippen LogP contribution in [0.25, 0.3) is 0 Å². The van der Waals surface area contributed by atoms with Gasteiger partial charge in [0, 0.05) is 13.0 Å². The molecule has 0 rings (SSSR count). The molecule has 340 valence electrons. The van der Waals surface area contributed by atoms with Crippen molar-refractivity contribution in [2.45, 2.75) is 174 Å².